The van der Waals surface area contributed by atoms with Gasteiger partial charge in [0, 0.05) is 12.8 Å². The molecule has 0 bridgehead atoms. The average Bonchev–Trinajstić information content (AvgIpc) is 2.93. The maximum absolute atomic E-state index is 6.01. The first kappa shape index (κ1) is 13.7. The van der Waals surface area contributed by atoms with Crippen LogP contribution in [0.3, 0.4) is 0 Å². The Labute approximate surface area is 114 Å². The maximum atomic E-state index is 6.01. The zero-order chi connectivity index (χ0) is 13.7. The van der Waals surface area contributed by atoms with Crippen LogP contribution in [0.2, 0.25) is 0 Å². The van der Waals surface area contributed by atoms with Gasteiger partial charge in [0.15, 0.2) is 11.5 Å². The molecule has 1 aliphatic carbocycles. The first-order valence-electron chi connectivity index (χ1n) is 6.55. The van der Waals surface area contributed by atoms with Gasteiger partial charge in [-0.2, -0.15) is 0 Å². The highest BCUT2D eigenvalue weighted by Crippen LogP contribution is 2.40. The van der Waals surface area contributed by atoms with Gasteiger partial charge in [-0.1, -0.05) is 12.2 Å². The Bertz CT molecular complexity index is 424. The Morgan fingerprint density at radius 1 is 1.11 bits per heavy atom. The molecular weight excluding hydrogens is 242 g/mol. The zero-order valence-corrected chi connectivity index (χ0v) is 11.5. The molecule has 0 amide bonds. The molecule has 2 rings (SSSR count). The van der Waals surface area contributed by atoms with Crippen molar-refractivity contribution in [1.29, 1.82) is 0 Å². The standard InChI is InChI=1S/C15H21NO3/c1-17-13-9-11(7-8-16)10-14(18-2)15(13)19-12-5-3-4-6-12/h3-4,9-10,12H,5-8,16H2,1-2H3. The van der Waals surface area contributed by atoms with Crippen LogP contribution in [0, 0.1) is 0 Å². The largest absolute Gasteiger partial charge is 0.493 e. The topological polar surface area (TPSA) is 53.7 Å². The van der Waals surface area contributed by atoms with E-state index in [2.05, 4.69) is 12.2 Å². The molecular formula is C15H21NO3. The van der Waals surface area contributed by atoms with E-state index in [0.717, 1.165) is 24.8 Å². The number of nitrogens with two attached hydrogens (primary N) is 1. The second kappa shape index (κ2) is 6.48. The molecule has 4 heteroatoms. The molecule has 1 aliphatic rings. The van der Waals surface area contributed by atoms with Crippen LogP contribution in [0.25, 0.3) is 0 Å². The van der Waals surface area contributed by atoms with Gasteiger partial charge in [-0.3, -0.25) is 0 Å². The molecule has 0 fully saturated rings. The fourth-order valence-corrected chi connectivity index (χ4v) is 2.22. The van der Waals surface area contributed by atoms with Gasteiger partial charge in [-0.15, -0.1) is 0 Å². The second-order valence-electron chi connectivity index (χ2n) is 4.55. The van der Waals surface area contributed by atoms with Crippen LogP contribution in [0.4, 0.5) is 0 Å². The predicted molar refractivity (Wildman–Crippen MR) is 75.1 cm³/mol. The minimum absolute atomic E-state index is 0.170. The minimum atomic E-state index is 0.170. The number of hydrogen-bond donors (Lipinski definition) is 1. The van der Waals surface area contributed by atoms with Crippen molar-refractivity contribution in [3.05, 3.63) is 29.8 Å². The zero-order valence-electron chi connectivity index (χ0n) is 11.5. The summed E-state index contributed by atoms with van der Waals surface area (Å²) < 4.78 is 16.8. The lowest BCUT2D eigenvalue weighted by atomic mass is 10.1. The van der Waals surface area contributed by atoms with Crippen LogP contribution < -0.4 is 19.9 Å². The van der Waals surface area contributed by atoms with Crippen LogP contribution in [0.15, 0.2) is 24.3 Å². The quantitative estimate of drug-likeness (QED) is 0.800. The molecule has 0 aromatic heterocycles. The van der Waals surface area contributed by atoms with Gasteiger partial charge < -0.3 is 19.9 Å². The monoisotopic (exact) mass is 263 g/mol. The fourth-order valence-electron chi connectivity index (χ4n) is 2.22. The Balaban J connectivity index is 2.27. The average molecular weight is 263 g/mol. The third-order valence-electron chi connectivity index (χ3n) is 3.20. The molecule has 4 nitrogen and oxygen atoms in total. The summed E-state index contributed by atoms with van der Waals surface area (Å²) in [4.78, 5) is 0. The summed E-state index contributed by atoms with van der Waals surface area (Å²) in [5, 5.41) is 0. The second-order valence-corrected chi connectivity index (χ2v) is 4.55. The van der Waals surface area contributed by atoms with Gasteiger partial charge in [0.1, 0.15) is 6.10 Å². The van der Waals surface area contributed by atoms with Gasteiger partial charge in [0.2, 0.25) is 5.75 Å². The summed E-state index contributed by atoms with van der Waals surface area (Å²) in [7, 11) is 3.28. The van der Waals surface area contributed by atoms with Crippen LogP contribution in [0.5, 0.6) is 17.2 Å². The first-order chi connectivity index (χ1) is 9.28. The molecule has 0 saturated heterocycles. The van der Waals surface area contributed by atoms with E-state index in [1.165, 1.54) is 0 Å². The molecule has 0 unspecified atom stereocenters. The number of rotatable bonds is 6. The molecule has 0 saturated carbocycles. The van der Waals surface area contributed by atoms with Crippen molar-refractivity contribution in [3.63, 3.8) is 0 Å². The van der Waals surface area contributed by atoms with Crippen molar-refractivity contribution < 1.29 is 14.2 Å². The van der Waals surface area contributed by atoms with E-state index in [0.29, 0.717) is 23.8 Å². The third kappa shape index (κ3) is 3.20. The summed E-state index contributed by atoms with van der Waals surface area (Å²) in [5.74, 6) is 2.09. The summed E-state index contributed by atoms with van der Waals surface area (Å²) in [6.45, 7) is 0.596. The van der Waals surface area contributed by atoms with E-state index in [1.54, 1.807) is 14.2 Å². The molecule has 1 aromatic carbocycles. The van der Waals surface area contributed by atoms with Gasteiger partial charge in [-0.05, 0) is 30.7 Å². The van der Waals surface area contributed by atoms with Gasteiger partial charge >= 0.3 is 0 Å². The Morgan fingerprint density at radius 2 is 1.68 bits per heavy atom. The van der Waals surface area contributed by atoms with Crippen LogP contribution >= 0.6 is 0 Å². The smallest absolute Gasteiger partial charge is 0.203 e. The van der Waals surface area contributed by atoms with Gasteiger partial charge in [0.05, 0.1) is 14.2 Å². The van der Waals surface area contributed by atoms with Crippen LogP contribution in [-0.2, 0) is 6.42 Å². The summed E-state index contributed by atoms with van der Waals surface area (Å²) >= 11 is 0. The van der Waals surface area contributed by atoms with Crippen molar-refractivity contribution in [2.24, 2.45) is 5.73 Å². The number of benzene rings is 1. The minimum Gasteiger partial charge on any atom is -0.493 e. The highest BCUT2D eigenvalue weighted by molar-refractivity contribution is 5.54. The predicted octanol–water partition coefficient (Wildman–Crippen LogP) is 2.30. The number of ether oxygens (including phenoxy) is 3. The van der Waals surface area contributed by atoms with E-state index in [-0.39, 0.29) is 6.10 Å². The maximum Gasteiger partial charge on any atom is 0.203 e. The van der Waals surface area contributed by atoms with Crippen molar-refractivity contribution in [2.75, 3.05) is 20.8 Å². The molecule has 0 spiro atoms. The number of methoxy groups -OCH3 is 2. The molecule has 0 atom stereocenters. The molecule has 0 radical (unpaired) electrons. The summed E-state index contributed by atoms with van der Waals surface area (Å²) in [5.41, 5.74) is 6.68. The van der Waals surface area contributed by atoms with E-state index in [4.69, 9.17) is 19.9 Å². The lowest BCUT2D eigenvalue weighted by Gasteiger charge is -2.19. The lowest BCUT2D eigenvalue weighted by Crippen LogP contribution is -2.13. The van der Waals surface area contributed by atoms with Crippen molar-refractivity contribution >= 4 is 0 Å². The van der Waals surface area contributed by atoms with Crippen LogP contribution in [-0.4, -0.2) is 26.9 Å². The van der Waals surface area contributed by atoms with Gasteiger partial charge in [0.25, 0.3) is 0 Å². The molecule has 19 heavy (non-hydrogen) atoms. The third-order valence-corrected chi connectivity index (χ3v) is 3.20. The molecule has 1 aromatic rings. The van der Waals surface area contributed by atoms with Crippen molar-refractivity contribution in [1.82, 2.24) is 0 Å². The molecule has 104 valence electrons. The van der Waals surface area contributed by atoms with Crippen molar-refractivity contribution in [3.8, 4) is 17.2 Å². The molecule has 0 heterocycles. The van der Waals surface area contributed by atoms with E-state index >= 15 is 0 Å². The van der Waals surface area contributed by atoms with E-state index < -0.39 is 0 Å². The highest BCUT2D eigenvalue weighted by atomic mass is 16.5. The van der Waals surface area contributed by atoms with E-state index in [9.17, 15) is 0 Å². The Kier molecular flexibility index (Phi) is 4.68. The molecule has 2 N–H and O–H groups in total. The Hall–Kier alpha value is -1.68. The summed E-state index contributed by atoms with van der Waals surface area (Å²) in [6.07, 6.45) is 7.08. The van der Waals surface area contributed by atoms with Gasteiger partial charge in [-0.25, -0.2) is 0 Å². The number of hydrogen-bond acceptors (Lipinski definition) is 4. The Morgan fingerprint density at radius 3 is 2.16 bits per heavy atom. The van der Waals surface area contributed by atoms with Crippen molar-refractivity contribution in [2.45, 2.75) is 25.4 Å². The molecule has 0 aliphatic heterocycles. The first-order valence-corrected chi connectivity index (χ1v) is 6.55. The van der Waals surface area contributed by atoms with Crippen LogP contribution in [0.1, 0.15) is 18.4 Å². The lowest BCUT2D eigenvalue weighted by molar-refractivity contribution is 0.197. The fraction of sp³-hybridized carbons (Fsp3) is 0.467. The van der Waals surface area contributed by atoms with E-state index in [1.807, 2.05) is 12.1 Å². The SMILES string of the molecule is COc1cc(CCN)cc(OC)c1OC1CC=CC1. The normalized spacial score (nSPS) is 14.7. The summed E-state index contributed by atoms with van der Waals surface area (Å²) in [6, 6.07) is 3.93. The highest BCUT2D eigenvalue weighted by Gasteiger charge is 2.19.